The molecule has 0 atom stereocenters. The molecule has 0 bridgehead atoms. The normalized spacial score (nSPS) is 24.4. The van der Waals surface area contributed by atoms with Crippen LogP contribution in [0, 0.1) is 0 Å². The van der Waals surface area contributed by atoms with Gasteiger partial charge in [0, 0.05) is 0 Å². The molecule has 0 aliphatic carbocycles. The molecule has 0 unspecified atom stereocenters. The molecule has 0 radical (unpaired) electrons. The monoisotopic (exact) mass is 594 g/mol. The second-order valence-electron chi connectivity index (χ2n) is 16.0. The molecule has 2 saturated heterocycles. The van der Waals surface area contributed by atoms with Crippen LogP contribution in [0.3, 0.4) is 0 Å². The van der Waals surface area contributed by atoms with E-state index in [9.17, 15) is 0 Å². The fraction of sp³-hybridized carbons (Fsp3) is 0.471. The summed E-state index contributed by atoms with van der Waals surface area (Å²) in [5, 5.41) is 6.05. The molecule has 0 spiro atoms. The Morgan fingerprint density at radius 1 is 0.429 bits per heavy atom. The van der Waals surface area contributed by atoms with Gasteiger partial charge in [-0.3, -0.25) is 0 Å². The van der Waals surface area contributed by atoms with Gasteiger partial charge < -0.3 is 18.6 Å². The van der Waals surface area contributed by atoms with Crippen molar-refractivity contribution in [2.75, 3.05) is 0 Å². The SMILES string of the molecule is CC1(C)OB(c2ccc3c(c2)[Si-](C)(C)c2cc4c(cc2-3)[Si-](C)(C)c2cc(B3OC(C)(C)C(C)(C)O3)ccc2-4)OC1(C)C. The molecule has 0 saturated carbocycles. The molecule has 3 aromatic carbocycles. The van der Waals surface area contributed by atoms with E-state index in [-0.39, 0.29) is 36.6 Å². The lowest BCUT2D eigenvalue weighted by Gasteiger charge is -2.35. The highest BCUT2D eigenvalue weighted by molar-refractivity contribution is 7.06. The average Bonchev–Trinajstić information content (AvgIpc) is 3.43. The van der Waals surface area contributed by atoms with Gasteiger partial charge in [0.05, 0.1) is 22.4 Å². The van der Waals surface area contributed by atoms with Gasteiger partial charge in [-0.05, 0) is 66.3 Å². The molecule has 2 fully saturated rings. The van der Waals surface area contributed by atoms with E-state index in [1.54, 1.807) is 0 Å². The lowest BCUT2D eigenvalue weighted by Crippen LogP contribution is -2.52. The number of benzene rings is 3. The van der Waals surface area contributed by atoms with Gasteiger partial charge in [0.15, 0.2) is 0 Å². The Labute approximate surface area is 254 Å². The molecule has 8 heteroatoms. The summed E-state index contributed by atoms with van der Waals surface area (Å²) in [5.74, 6) is 0. The van der Waals surface area contributed by atoms with Crippen LogP contribution in [0.1, 0.15) is 55.4 Å². The van der Waals surface area contributed by atoms with Crippen LogP contribution < -0.4 is 31.7 Å². The van der Waals surface area contributed by atoms with Crippen LogP contribution >= 0.6 is 0 Å². The topological polar surface area (TPSA) is 36.9 Å². The van der Waals surface area contributed by atoms with Crippen LogP contribution in [0.25, 0.3) is 22.3 Å². The Morgan fingerprint density at radius 2 is 0.714 bits per heavy atom. The fourth-order valence-electron chi connectivity index (χ4n) is 7.25. The van der Waals surface area contributed by atoms with E-state index in [1.807, 2.05) is 0 Å². The molecular formula is C34H44B2O4Si2-2. The highest BCUT2D eigenvalue weighted by atomic mass is 28.3. The van der Waals surface area contributed by atoms with E-state index in [4.69, 9.17) is 18.6 Å². The van der Waals surface area contributed by atoms with Gasteiger partial charge in [-0.15, -0.1) is 0 Å². The Balaban J connectivity index is 1.28. The first-order chi connectivity index (χ1) is 19.3. The largest absolute Gasteiger partial charge is 0.494 e. The Morgan fingerprint density at radius 3 is 1.02 bits per heavy atom. The fourth-order valence-corrected chi connectivity index (χ4v) is 13.4. The lowest BCUT2D eigenvalue weighted by molar-refractivity contribution is 0.00578. The Kier molecular flexibility index (Phi) is 5.77. The first-order valence-corrected chi connectivity index (χ1v) is 21.5. The van der Waals surface area contributed by atoms with Gasteiger partial charge in [0.1, 0.15) is 0 Å². The maximum Gasteiger partial charge on any atom is 0.494 e. The molecule has 0 N–H and O–H groups in total. The first kappa shape index (κ1) is 28.8. The number of hydrogen-bond acceptors (Lipinski definition) is 4. The summed E-state index contributed by atoms with van der Waals surface area (Å²) in [6.07, 6.45) is 0. The molecule has 4 nitrogen and oxygen atoms in total. The third kappa shape index (κ3) is 3.75. The minimum atomic E-state index is -1.95. The molecule has 220 valence electrons. The minimum absolute atomic E-state index is 0.338. The van der Waals surface area contributed by atoms with Crippen LogP contribution in [0.15, 0.2) is 48.5 Å². The molecular weight excluding hydrogens is 550 g/mol. The van der Waals surface area contributed by atoms with E-state index in [0.29, 0.717) is 0 Å². The highest BCUT2D eigenvalue weighted by Gasteiger charge is 2.53. The van der Waals surface area contributed by atoms with Crippen molar-refractivity contribution in [2.45, 2.75) is 104 Å². The van der Waals surface area contributed by atoms with Crippen molar-refractivity contribution in [1.29, 1.82) is 0 Å². The van der Waals surface area contributed by atoms with E-state index in [1.165, 1.54) is 43.0 Å². The number of rotatable bonds is 2. The first-order valence-electron chi connectivity index (χ1n) is 15.5. The van der Waals surface area contributed by atoms with E-state index in [0.717, 1.165) is 10.9 Å². The quantitative estimate of drug-likeness (QED) is 0.423. The van der Waals surface area contributed by atoms with Crippen molar-refractivity contribution >= 4 is 62.1 Å². The second-order valence-corrected chi connectivity index (χ2v) is 24.6. The molecule has 42 heavy (non-hydrogen) atoms. The second kappa shape index (κ2) is 8.40. The third-order valence-electron chi connectivity index (χ3n) is 11.6. The molecule has 3 aromatic rings. The van der Waals surface area contributed by atoms with Crippen LogP contribution in [0.5, 0.6) is 0 Å². The predicted octanol–water partition coefficient (Wildman–Crippen LogP) is 3.89. The smallest absolute Gasteiger partial charge is 0.399 e. The maximum absolute atomic E-state index is 6.44. The van der Waals surface area contributed by atoms with E-state index < -0.39 is 16.1 Å². The summed E-state index contributed by atoms with van der Waals surface area (Å²) in [6.45, 7) is 27.0. The Hall–Kier alpha value is -1.94. The number of hydrogen-bond donors (Lipinski definition) is 0. The van der Waals surface area contributed by atoms with Crippen molar-refractivity contribution < 1.29 is 18.6 Å². The van der Waals surface area contributed by atoms with Crippen LogP contribution in [-0.4, -0.2) is 52.8 Å². The molecule has 4 heterocycles. The van der Waals surface area contributed by atoms with E-state index >= 15 is 0 Å². The molecule has 4 aliphatic rings. The van der Waals surface area contributed by atoms with Gasteiger partial charge in [0.25, 0.3) is 0 Å². The molecule has 4 aliphatic heterocycles. The van der Waals surface area contributed by atoms with Crippen molar-refractivity contribution in [1.82, 2.24) is 0 Å². The summed E-state index contributed by atoms with van der Waals surface area (Å²) in [5.41, 5.74) is 6.51. The summed E-state index contributed by atoms with van der Waals surface area (Å²) in [6, 6.07) is 19.0. The number of fused-ring (bicyclic) bond motifs is 6. The van der Waals surface area contributed by atoms with Gasteiger partial charge in [0.2, 0.25) is 0 Å². The molecule has 0 aromatic heterocycles. The zero-order chi connectivity index (χ0) is 30.4. The predicted molar refractivity (Wildman–Crippen MR) is 182 cm³/mol. The van der Waals surface area contributed by atoms with E-state index in [2.05, 4.69) is 130 Å². The van der Waals surface area contributed by atoms with Crippen LogP contribution in [-0.2, 0) is 18.6 Å². The van der Waals surface area contributed by atoms with Crippen molar-refractivity contribution in [2.24, 2.45) is 0 Å². The van der Waals surface area contributed by atoms with Crippen molar-refractivity contribution in [3.8, 4) is 22.3 Å². The van der Waals surface area contributed by atoms with Gasteiger partial charge in [-0.1, -0.05) is 86.9 Å². The van der Waals surface area contributed by atoms with Gasteiger partial charge in [-0.2, -0.15) is 46.9 Å². The Bertz CT molecular complexity index is 1520. The van der Waals surface area contributed by atoms with Crippen molar-refractivity contribution in [3.63, 3.8) is 0 Å². The standard InChI is InChI=1S/C34H44B2O4Si2/c1-31(2)32(3,4)38-35(37-31)21-13-15-23-25-19-30-26(20-29(25)41(9,10)27(23)17-21)24-16-14-22(18-28(24)42(30,11)12)36-39-33(5,6)34(7,8)40-36/h13-20H,1-12H3/q-2. The lowest BCUT2D eigenvalue weighted by atomic mass is 9.78. The summed E-state index contributed by atoms with van der Waals surface area (Å²) >= 11 is 0. The van der Waals surface area contributed by atoms with Gasteiger partial charge >= 0.3 is 14.2 Å². The molecule has 0 amide bonds. The molecule has 7 rings (SSSR count). The van der Waals surface area contributed by atoms with Crippen LogP contribution in [0.4, 0.5) is 0 Å². The van der Waals surface area contributed by atoms with Crippen LogP contribution in [0.2, 0.25) is 26.2 Å². The highest BCUT2D eigenvalue weighted by Crippen LogP contribution is 2.39. The maximum atomic E-state index is 6.44. The minimum Gasteiger partial charge on any atom is -0.399 e. The zero-order valence-corrected chi connectivity index (χ0v) is 29.4. The van der Waals surface area contributed by atoms with Gasteiger partial charge in [-0.25, -0.2) is 0 Å². The summed E-state index contributed by atoms with van der Waals surface area (Å²) < 4.78 is 25.7. The van der Waals surface area contributed by atoms with Crippen molar-refractivity contribution in [3.05, 3.63) is 48.5 Å². The summed E-state index contributed by atoms with van der Waals surface area (Å²) in [4.78, 5) is 0. The summed E-state index contributed by atoms with van der Waals surface area (Å²) in [7, 11) is -4.57. The zero-order valence-electron chi connectivity index (χ0n) is 27.4. The average molecular weight is 595 g/mol. The third-order valence-corrected chi connectivity index (χ3v) is 18.6.